The molecule has 2 fully saturated rings. The van der Waals surface area contributed by atoms with E-state index in [1.54, 1.807) is 0 Å². The first kappa shape index (κ1) is 14.1. The quantitative estimate of drug-likeness (QED) is 0.704. The van der Waals surface area contributed by atoms with Crippen LogP contribution in [0.1, 0.15) is 53.4 Å². The summed E-state index contributed by atoms with van der Waals surface area (Å²) in [6.45, 7) is 12.7. The van der Waals surface area contributed by atoms with E-state index in [0.29, 0.717) is 12.3 Å². The Morgan fingerprint density at radius 2 is 1.94 bits per heavy atom. The molecule has 0 amide bonds. The molecule has 0 saturated heterocycles. The van der Waals surface area contributed by atoms with Gasteiger partial charge in [-0.1, -0.05) is 39.8 Å². The van der Waals surface area contributed by atoms with Crippen LogP contribution in [0.4, 0.5) is 0 Å². The molecule has 0 heterocycles. The largest absolute Gasteiger partial charge is 0.389 e. The van der Waals surface area contributed by atoms with Crippen LogP contribution in [0.15, 0.2) is 12.2 Å². The van der Waals surface area contributed by atoms with E-state index < -0.39 is 11.7 Å². The molecule has 0 spiro atoms. The maximum Gasteiger partial charge on any atom is 0.0934 e. The van der Waals surface area contributed by atoms with Crippen LogP contribution in [-0.2, 0) is 0 Å². The lowest BCUT2D eigenvalue weighted by atomic mass is 9.50. The van der Waals surface area contributed by atoms with Gasteiger partial charge < -0.3 is 10.2 Å². The van der Waals surface area contributed by atoms with Crippen molar-refractivity contribution >= 4 is 0 Å². The Morgan fingerprint density at radius 1 is 1.33 bits per heavy atom. The number of hydrogen-bond acceptors (Lipinski definition) is 2. The molecule has 2 saturated carbocycles. The number of fused-ring (bicyclic) bond motifs is 1. The van der Waals surface area contributed by atoms with Crippen molar-refractivity contribution in [3.8, 4) is 0 Å². The zero-order valence-electron chi connectivity index (χ0n) is 12.2. The number of aliphatic hydroxyl groups excluding tert-OH is 1. The molecule has 2 aliphatic carbocycles. The highest BCUT2D eigenvalue weighted by molar-refractivity contribution is 5.20. The molecule has 5 atom stereocenters. The van der Waals surface area contributed by atoms with Crippen LogP contribution in [0.25, 0.3) is 0 Å². The van der Waals surface area contributed by atoms with Gasteiger partial charge in [0.15, 0.2) is 0 Å². The fourth-order valence-corrected chi connectivity index (χ4v) is 4.18. The van der Waals surface area contributed by atoms with E-state index in [1.165, 1.54) is 6.42 Å². The van der Waals surface area contributed by atoms with Crippen molar-refractivity contribution in [1.82, 2.24) is 0 Å². The second kappa shape index (κ2) is 4.35. The molecular weight excluding hydrogens is 224 g/mol. The standard InChI is InChI=1S/C16H28O2/c1-10(2)16(18)9-8-15(5)12(4)7-6-11(3)13(15)14(16)17/h10,12-14,17-18H,3,6-9H2,1-2,4-5H3/t12-,13-,14-,15+,16-/m1/s1. The van der Waals surface area contributed by atoms with E-state index in [2.05, 4.69) is 20.4 Å². The Hall–Kier alpha value is -0.340. The monoisotopic (exact) mass is 252 g/mol. The number of aliphatic hydroxyl groups is 2. The molecule has 0 bridgehead atoms. The van der Waals surface area contributed by atoms with Crippen LogP contribution < -0.4 is 0 Å². The highest BCUT2D eigenvalue weighted by Gasteiger charge is 2.57. The number of hydrogen-bond donors (Lipinski definition) is 2. The second-order valence-corrected chi connectivity index (χ2v) is 7.17. The van der Waals surface area contributed by atoms with Crippen molar-refractivity contribution < 1.29 is 10.2 Å². The maximum absolute atomic E-state index is 10.8. The van der Waals surface area contributed by atoms with Crippen LogP contribution in [-0.4, -0.2) is 21.9 Å². The molecule has 104 valence electrons. The SMILES string of the molecule is C=C1CC[C@@H](C)[C@]2(C)CC[C@@](O)(C(C)C)[C@H](O)[C@@H]12. The van der Waals surface area contributed by atoms with E-state index in [0.717, 1.165) is 18.4 Å². The summed E-state index contributed by atoms with van der Waals surface area (Å²) in [5.74, 6) is 0.740. The molecule has 2 N–H and O–H groups in total. The lowest BCUT2D eigenvalue weighted by Gasteiger charge is -2.58. The third kappa shape index (κ3) is 1.77. The lowest BCUT2D eigenvalue weighted by Crippen LogP contribution is -2.61. The van der Waals surface area contributed by atoms with Gasteiger partial charge in [-0.25, -0.2) is 0 Å². The van der Waals surface area contributed by atoms with E-state index >= 15 is 0 Å². The van der Waals surface area contributed by atoms with E-state index in [4.69, 9.17) is 0 Å². The normalized spacial score (nSPS) is 49.3. The molecule has 18 heavy (non-hydrogen) atoms. The third-order valence-electron chi connectivity index (χ3n) is 6.07. The molecule has 2 nitrogen and oxygen atoms in total. The van der Waals surface area contributed by atoms with Crippen molar-refractivity contribution in [2.45, 2.75) is 65.1 Å². The van der Waals surface area contributed by atoms with E-state index in [-0.39, 0.29) is 17.3 Å². The second-order valence-electron chi connectivity index (χ2n) is 7.17. The van der Waals surface area contributed by atoms with Gasteiger partial charge in [0, 0.05) is 5.92 Å². The molecule has 0 unspecified atom stereocenters. The molecular formula is C16H28O2. The summed E-state index contributed by atoms with van der Waals surface area (Å²) in [6, 6.07) is 0. The predicted octanol–water partition coefficient (Wildman–Crippen LogP) is 3.14. The summed E-state index contributed by atoms with van der Waals surface area (Å²) in [5, 5.41) is 21.5. The van der Waals surface area contributed by atoms with Crippen molar-refractivity contribution in [1.29, 1.82) is 0 Å². The highest BCUT2D eigenvalue weighted by Crippen LogP contribution is 2.57. The number of rotatable bonds is 1. The summed E-state index contributed by atoms with van der Waals surface area (Å²) in [5.41, 5.74) is 0.307. The summed E-state index contributed by atoms with van der Waals surface area (Å²) in [6.07, 6.45) is 3.19. The smallest absolute Gasteiger partial charge is 0.0934 e. The minimum Gasteiger partial charge on any atom is -0.389 e. The van der Waals surface area contributed by atoms with Crippen LogP contribution in [0, 0.1) is 23.2 Å². The molecule has 0 radical (unpaired) electrons. The Morgan fingerprint density at radius 3 is 2.50 bits per heavy atom. The average molecular weight is 252 g/mol. The van der Waals surface area contributed by atoms with Gasteiger partial charge in [-0.05, 0) is 42.9 Å². The highest BCUT2D eigenvalue weighted by atomic mass is 16.3. The van der Waals surface area contributed by atoms with Crippen molar-refractivity contribution in [3.05, 3.63) is 12.2 Å². The molecule has 0 aromatic heterocycles. The Kier molecular flexibility index (Phi) is 3.40. The fourth-order valence-electron chi connectivity index (χ4n) is 4.18. The molecule has 2 aliphatic rings. The van der Waals surface area contributed by atoms with Gasteiger partial charge in [-0.2, -0.15) is 0 Å². The topological polar surface area (TPSA) is 40.5 Å². The van der Waals surface area contributed by atoms with E-state index in [1.807, 2.05) is 13.8 Å². The van der Waals surface area contributed by atoms with Gasteiger partial charge in [0.2, 0.25) is 0 Å². The first-order valence-electron chi connectivity index (χ1n) is 7.31. The zero-order chi connectivity index (χ0) is 13.7. The average Bonchev–Trinajstić information content (AvgIpc) is 2.30. The van der Waals surface area contributed by atoms with Gasteiger partial charge in [0.25, 0.3) is 0 Å². The summed E-state index contributed by atoms with van der Waals surface area (Å²) in [4.78, 5) is 0. The molecule has 0 aliphatic heterocycles. The molecule has 0 aromatic rings. The van der Waals surface area contributed by atoms with Gasteiger partial charge in [0.05, 0.1) is 11.7 Å². The van der Waals surface area contributed by atoms with Gasteiger partial charge in [-0.15, -0.1) is 0 Å². The lowest BCUT2D eigenvalue weighted by molar-refractivity contribution is -0.189. The molecule has 2 rings (SSSR count). The van der Waals surface area contributed by atoms with Crippen molar-refractivity contribution in [2.75, 3.05) is 0 Å². The van der Waals surface area contributed by atoms with Gasteiger partial charge in [-0.3, -0.25) is 0 Å². The van der Waals surface area contributed by atoms with Crippen LogP contribution >= 0.6 is 0 Å². The Balaban J connectivity index is 2.38. The predicted molar refractivity (Wildman–Crippen MR) is 74.2 cm³/mol. The minimum atomic E-state index is -0.940. The first-order chi connectivity index (χ1) is 8.23. The summed E-state index contributed by atoms with van der Waals surface area (Å²) < 4.78 is 0. The van der Waals surface area contributed by atoms with Crippen LogP contribution in [0.3, 0.4) is 0 Å². The molecule has 0 aromatic carbocycles. The summed E-state index contributed by atoms with van der Waals surface area (Å²) in [7, 11) is 0. The Labute approximate surface area is 111 Å². The molecule has 2 heteroatoms. The first-order valence-corrected chi connectivity index (χ1v) is 7.31. The van der Waals surface area contributed by atoms with Gasteiger partial charge >= 0.3 is 0 Å². The van der Waals surface area contributed by atoms with Gasteiger partial charge in [0.1, 0.15) is 0 Å². The Bertz CT molecular complexity index is 349. The minimum absolute atomic E-state index is 0.0578. The van der Waals surface area contributed by atoms with Crippen LogP contribution in [0.2, 0.25) is 0 Å². The van der Waals surface area contributed by atoms with E-state index in [9.17, 15) is 10.2 Å². The van der Waals surface area contributed by atoms with Crippen molar-refractivity contribution in [3.63, 3.8) is 0 Å². The maximum atomic E-state index is 10.8. The summed E-state index contributed by atoms with van der Waals surface area (Å²) >= 11 is 0. The fraction of sp³-hybridized carbons (Fsp3) is 0.875. The van der Waals surface area contributed by atoms with Crippen molar-refractivity contribution in [2.24, 2.45) is 23.2 Å². The van der Waals surface area contributed by atoms with Crippen LogP contribution in [0.5, 0.6) is 0 Å². The zero-order valence-corrected chi connectivity index (χ0v) is 12.2. The third-order valence-corrected chi connectivity index (χ3v) is 6.07.